The van der Waals surface area contributed by atoms with Gasteiger partial charge in [0.2, 0.25) is 0 Å². The summed E-state index contributed by atoms with van der Waals surface area (Å²) in [6, 6.07) is 7.18. The molecular weight excluding hydrogens is 213 g/mol. The molecule has 0 bridgehead atoms. The van der Waals surface area contributed by atoms with Crippen molar-refractivity contribution in [2.24, 2.45) is 17.1 Å². The molecule has 94 valence electrons. The van der Waals surface area contributed by atoms with Gasteiger partial charge in [0.1, 0.15) is 5.82 Å². The van der Waals surface area contributed by atoms with E-state index in [1.165, 1.54) is 12.5 Å². The van der Waals surface area contributed by atoms with E-state index in [9.17, 15) is 4.39 Å². The summed E-state index contributed by atoms with van der Waals surface area (Å²) in [7, 11) is 0. The Kier molecular flexibility index (Phi) is 3.53. The molecule has 2 N–H and O–H groups in total. The van der Waals surface area contributed by atoms with Crippen LogP contribution in [0.2, 0.25) is 0 Å². The Morgan fingerprint density at radius 1 is 1.41 bits per heavy atom. The zero-order valence-electron chi connectivity index (χ0n) is 10.7. The van der Waals surface area contributed by atoms with Crippen molar-refractivity contribution in [3.63, 3.8) is 0 Å². The number of nitrogens with two attached hydrogens (primary N) is 1. The molecule has 1 aromatic carbocycles. The van der Waals surface area contributed by atoms with E-state index in [4.69, 9.17) is 5.73 Å². The minimum atomic E-state index is -0.147. The van der Waals surface area contributed by atoms with Gasteiger partial charge in [0.25, 0.3) is 0 Å². The average Bonchev–Trinajstić information content (AvgIpc) is 2.23. The van der Waals surface area contributed by atoms with Crippen molar-refractivity contribution in [3.05, 3.63) is 35.6 Å². The molecule has 17 heavy (non-hydrogen) atoms. The first-order valence-corrected chi connectivity index (χ1v) is 6.46. The van der Waals surface area contributed by atoms with Crippen LogP contribution >= 0.6 is 0 Å². The molecule has 1 saturated carbocycles. The van der Waals surface area contributed by atoms with Crippen LogP contribution in [0.4, 0.5) is 4.39 Å². The fourth-order valence-corrected chi connectivity index (χ4v) is 2.95. The van der Waals surface area contributed by atoms with Gasteiger partial charge >= 0.3 is 0 Å². The largest absolute Gasteiger partial charge is 0.327 e. The van der Waals surface area contributed by atoms with Gasteiger partial charge in [-0.05, 0) is 54.7 Å². The van der Waals surface area contributed by atoms with E-state index >= 15 is 0 Å². The van der Waals surface area contributed by atoms with Crippen LogP contribution in [-0.2, 0) is 6.42 Å². The quantitative estimate of drug-likeness (QED) is 0.834. The minimum Gasteiger partial charge on any atom is -0.327 e. The van der Waals surface area contributed by atoms with Crippen LogP contribution in [0.3, 0.4) is 0 Å². The minimum absolute atomic E-state index is 0.147. The first kappa shape index (κ1) is 12.6. The van der Waals surface area contributed by atoms with E-state index < -0.39 is 0 Å². The molecule has 0 radical (unpaired) electrons. The lowest BCUT2D eigenvalue weighted by atomic mass is 9.68. The summed E-state index contributed by atoms with van der Waals surface area (Å²) in [4.78, 5) is 0. The topological polar surface area (TPSA) is 26.0 Å². The molecule has 1 fully saturated rings. The SMILES string of the molecule is CC1(C)CCC(N)C(Cc2cccc(F)c2)C1. The monoisotopic (exact) mass is 235 g/mol. The zero-order chi connectivity index (χ0) is 12.5. The van der Waals surface area contributed by atoms with Gasteiger partial charge in [-0.3, -0.25) is 0 Å². The molecule has 1 aliphatic rings. The molecule has 2 heteroatoms. The summed E-state index contributed by atoms with van der Waals surface area (Å²) in [5.41, 5.74) is 7.65. The highest BCUT2D eigenvalue weighted by Gasteiger charge is 2.32. The number of hydrogen-bond acceptors (Lipinski definition) is 1. The summed E-state index contributed by atoms with van der Waals surface area (Å²) in [5.74, 6) is 0.340. The highest BCUT2D eigenvalue weighted by atomic mass is 19.1. The molecule has 2 rings (SSSR count). The molecule has 1 aromatic rings. The predicted molar refractivity (Wildman–Crippen MR) is 69.2 cm³/mol. The summed E-state index contributed by atoms with van der Waals surface area (Å²) in [5, 5.41) is 0. The molecule has 2 atom stereocenters. The Hall–Kier alpha value is -0.890. The van der Waals surface area contributed by atoms with Gasteiger partial charge < -0.3 is 5.73 Å². The van der Waals surface area contributed by atoms with Crippen LogP contribution < -0.4 is 5.73 Å². The van der Waals surface area contributed by atoms with Crippen molar-refractivity contribution in [1.29, 1.82) is 0 Å². The van der Waals surface area contributed by atoms with Gasteiger partial charge in [-0.1, -0.05) is 26.0 Å². The van der Waals surface area contributed by atoms with Crippen LogP contribution in [0, 0.1) is 17.2 Å². The standard InChI is InChI=1S/C15H22FN/c1-15(2)7-6-14(17)12(10-15)8-11-4-3-5-13(16)9-11/h3-5,9,12,14H,6-8,10,17H2,1-2H3. The lowest BCUT2D eigenvalue weighted by Crippen LogP contribution is -2.40. The van der Waals surface area contributed by atoms with Crippen molar-refractivity contribution in [2.75, 3.05) is 0 Å². The maximum Gasteiger partial charge on any atom is 0.123 e. The first-order valence-electron chi connectivity index (χ1n) is 6.46. The van der Waals surface area contributed by atoms with Crippen LogP contribution in [0.5, 0.6) is 0 Å². The van der Waals surface area contributed by atoms with E-state index in [0.717, 1.165) is 24.8 Å². The number of halogens is 1. The second-order valence-electron chi connectivity index (χ2n) is 6.16. The Morgan fingerprint density at radius 2 is 2.18 bits per heavy atom. The first-order chi connectivity index (χ1) is 7.96. The Balaban J connectivity index is 2.06. The predicted octanol–water partition coefficient (Wildman–Crippen LogP) is 3.52. The van der Waals surface area contributed by atoms with E-state index in [1.807, 2.05) is 6.07 Å². The van der Waals surface area contributed by atoms with Gasteiger partial charge in [-0.25, -0.2) is 4.39 Å². The second kappa shape index (κ2) is 4.77. The number of hydrogen-bond donors (Lipinski definition) is 1. The second-order valence-corrected chi connectivity index (χ2v) is 6.16. The van der Waals surface area contributed by atoms with Gasteiger partial charge in [0, 0.05) is 6.04 Å². The fraction of sp³-hybridized carbons (Fsp3) is 0.600. The van der Waals surface area contributed by atoms with Gasteiger partial charge in [0.15, 0.2) is 0 Å². The smallest absolute Gasteiger partial charge is 0.123 e. The van der Waals surface area contributed by atoms with Crippen LogP contribution in [0.1, 0.15) is 38.7 Å². The summed E-state index contributed by atoms with van der Waals surface area (Å²) >= 11 is 0. The Bertz CT molecular complexity index is 386. The fourth-order valence-electron chi connectivity index (χ4n) is 2.95. The van der Waals surface area contributed by atoms with Crippen LogP contribution in [0.15, 0.2) is 24.3 Å². The highest BCUT2D eigenvalue weighted by molar-refractivity contribution is 5.17. The number of benzene rings is 1. The molecule has 1 nitrogen and oxygen atoms in total. The zero-order valence-corrected chi connectivity index (χ0v) is 10.7. The van der Waals surface area contributed by atoms with Crippen molar-refractivity contribution < 1.29 is 4.39 Å². The van der Waals surface area contributed by atoms with Gasteiger partial charge in [-0.2, -0.15) is 0 Å². The van der Waals surface area contributed by atoms with Gasteiger partial charge in [-0.15, -0.1) is 0 Å². The molecule has 0 heterocycles. The lowest BCUT2D eigenvalue weighted by molar-refractivity contribution is 0.157. The summed E-state index contributed by atoms with van der Waals surface area (Å²) in [6.45, 7) is 4.61. The Labute approximate surface area is 103 Å². The number of rotatable bonds is 2. The summed E-state index contributed by atoms with van der Waals surface area (Å²) < 4.78 is 13.1. The Morgan fingerprint density at radius 3 is 2.88 bits per heavy atom. The molecule has 0 amide bonds. The molecular formula is C15H22FN. The maximum absolute atomic E-state index is 13.1. The maximum atomic E-state index is 13.1. The van der Waals surface area contributed by atoms with E-state index in [0.29, 0.717) is 11.3 Å². The molecule has 0 aromatic heterocycles. The summed E-state index contributed by atoms with van der Waals surface area (Å²) in [6.07, 6.45) is 4.34. The van der Waals surface area contributed by atoms with Crippen molar-refractivity contribution in [2.45, 2.75) is 45.6 Å². The molecule has 0 aliphatic heterocycles. The third kappa shape index (κ3) is 3.29. The average molecular weight is 235 g/mol. The van der Waals surface area contributed by atoms with E-state index in [1.54, 1.807) is 12.1 Å². The van der Waals surface area contributed by atoms with Crippen LogP contribution in [-0.4, -0.2) is 6.04 Å². The third-order valence-corrected chi connectivity index (χ3v) is 3.96. The molecule has 1 aliphatic carbocycles. The lowest BCUT2D eigenvalue weighted by Gasteiger charge is -2.39. The molecule has 0 spiro atoms. The van der Waals surface area contributed by atoms with E-state index in [2.05, 4.69) is 13.8 Å². The third-order valence-electron chi connectivity index (χ3n) is 3.96. The van der Waals surface area contributed by atoms with Crippen LogP contribution in [0.25, 0.3) is 0 Å². The van der Waals surface area contributed by atoms with Crippen molar-refractivity contribution in [1.82, 2.24) is 0 Å². The van der Waals surface area contributed by atoms with Crippen molar-refractivity contribution in [3.8, 4) is 0 Å². The molecule has 0 saturated heterocycles. The highest BCUT2D eigenvalue weighted by Crippen LogP contribution is 2.39. The van der Waals surface area contributed by atoms with E-state index in [-0.39, 0.29) is 11.9 Å². The van der Waals surface area contributed by atoms with Gasteiger partial charge in [0.05, 0.1) is 0 Å². The molecule has 2 unspecified atom stereocenters. The normalized spacial score (nSPS) is 28.0. The van der Waals surface area contributed by atoms with Crippen molar-refractivity contribution >= 4 is 0 Å².